The summed E-state index contributed by atoms with van der Waals surface area (Å²) in [5.41, 5.74) is -0.383. The monoisotopic (exact) mass is 225 g/mol. The standard InChI is InChI=1S/C14H27NO/c1-11-5-6-13(9-12(11)2)15-10-14(16)7-3-4-8-14/h11-13,15-16H,3-10H2,1-2H3. The molecule has 2 aliphatic rings. The molecule has 2 heteroatoms. The third-order valence-electron chi connectivity index (χ3n) is 4.85. The maximum Gasteiger partial charge on any atom is 0.0771 e. The van der Waals surface area contributed by atoms with Crippen molar-refractivity contribution in [3.8, 4) is 0 Å². The van der Waals surface area contributed by atoms with E-state index in [1.165, 1.54) is 32.1 Å². The zero-order valence-electron chi connectivity index (χ0n) is 10.8. The van der Waals surface area contributed by atoms with Crippen LogP contribution >= 0.6 is 0 Å². The second-order valence-electron chi connectivity index (χ2n) is 6.28. The van der Waals surface area contributed by atoms with Gasteiger partial charge in [0, 0.05) is 12.6 Å². The van der Waals surface area contributed by atoms with E-state index in [-0.39, 0.29) is 5.60 Å². The van der Waals surface area contributed by atoms with Crippen LogP contribution in [0.25, 0.3) is 0 Å². The van der Waals surface area contributed by atoms with E-state index in [2.05, 4.69) is 19.2 Å². The highest BCUT2D eigenvalue weighted by molar-refractivity contribution is 4.89. The molecule has 0 saturated heterocycles. The van der Waals surface area contributed by atoms with Crippen LogP contribution in [0.5, 0.6) is 0 Å². The van der Waals surface area contributed by atoms with Gasteiger partial charge in [-0.15, -0.1) is 0 Å². The molecule has 0 aromatic carbocycles. The molecular formula is C14H27NO. The Kier molecular flexibility index (Phi) is 3.91. The summed E-state index contributed by atoms with van der Waals surface area (Å²) >= 11 is 0. The van der Waals surface area contributed by atoms with E-state index < -0.39 is 0 Å². The average Bonchev–Trinajstić information content (AvgIpc) is 2.68. The lowest BCUT2D eigenvalue weighted by Crippen LogP contribution is -2.45. The Morgan fingerprint density at radius 3 is 2.44 bits per heavy atom. The molecule has 0 heterocycles. The third kappa shape index (κ3) is 2.98. The van der Waals surface area contributed by atoms with Crippen molar-refractivity contribution in [1.29, 1.82) is 0 Å². The minimum Gasteiger partial charge on any atom is -0.389 e. The summed E-state index contributed by atoms with van der Waals surface area (Å²) in [7, 11) is 0. The fourth-order valence-corrected chi connectivity index (χ4v) is 3.28. The second-order valence-corrected chi connectivity index (χ2v) is 6.28. The first kappa shape index (κ1) is 12.4. The molecule has 0 bridgehead atoms. The Balaban J connectivity index is 1.74. The number of rotatable bonds is 3. The van der Waals surface area contributed by atoms with E-state index >= 15 is 0 Å². The predicted molar refractivity (Wildman–Crippen MR) is 67.4 cm³/mol. The molecule has 2 fully saturated rings. The van der Waals surface area contributed by atoms with Crippen molar-refractivity contribution in [3.05, 3.63) is 0 Å². The molecule has 2 N–H and O–H groups in total. The van der Waals surface area contributed by atoms with Gasteiger partial charge in [0.2, 0.25) is 0 Å². The molecule has 94 valence electrons. The van der Waals surface area contributed by atoms with Gasteiger partial charge in [-0.05, 0) is 43.9 Å². The Hall–Kier alpha value is -0.0800. The number of nitrogens with one attached hydrogen (secondary N) is 1. The summed E-state index contributed by atoms with van der Waals surface area (Å²) in [5, 5.41) is 13.9. The third-order valence-corrected chi connectivity index (χ3v) is 4.85. The topological polar surface area (TPSA) is 32.3 Å². The van der Waals surface area contributed by atoms with Crippen LogP contribution in [0.4, 0.5) is 0 Å². The SMILES string of the molecule is CC1CCC(NCC2(O)CCCC2)CC1C. The van der Waals surface area contributed by atoms with Crippen molar-refractivity contribution in [2.24, 2.45) is 11.8 Å². The molecule has 0 amide bonds. The van der Waals surface area contributed by atoms with Crippen LogP contribution in [0.2, 0.25) is 0 Å². The molecule has 3 atom stereocenters. The van der Waals surface area contributed by atoms with Crippen molar-refractivity contribution >= 4 is 0 Å². The van der Waals surface area contributed by atoms with E-state index in [1.54, 1.807) is 0 Å². The summed E-state index contributed by atoms with van der Waals surface area (Å²) in [6.07, 6.45) is 8.33. The second kappa shape index (κ2) is 5.05. The van der Waals surface area contributed by atoms with Crippen molar-refractivity contribution < 1.29 is 5.11 Å². The Morgan fingerprint density at radius 1 is 1.12 bits per heavy atom. The molecule has 0 aliphatic heterocycles. The first-order chi connectivity index (χ1) is 7.59. The van der Waals surface area contributed by atoms with Crippen LogP contribution in [0.1, 0.15) is 58.8 Å². The quantitative estimate of drug-likeness (QED) is 0.774. The molecule has 0 aromatic rings. The Labute approximate surface area is 99.8 Å². The van der Waals surface area contributed by atoms with Crippen LogP contribution in [-0.2, 0) is 0 Å². The van der Waals surface area contributed by atoms with Gasteiger partial charge in [-0.3, -0.25) is 0 Å². The van der Waals surface area contributed by atoms with E-state index in [4.69, 9.17) is 0 Å². The lowest BCUT2D eigenvalue weighted by molar-refractivity contribution is 0.0413. The highest BCUT2D eigenvalue weighted by Crippen LogP contribution is 2.31. The normalized spacial score (nSPS) is 38.8. The average molecular weight is 225 g/mol. The Morgan fingerprint density at radius 2 is 1.81 bits per heavy atom. The minimum atomic E-state index is -0.383. The molecule has 0 spiro atoms. The maximum atomic E-state index is 10.3. The number of hydrogen-bond donors (Lipinski definition) is 2. The molecule has 3 unspecified atom stereocenters. The Bertz CT molecular complexity index is 223. The first-order valence-corrected chi connectivity index (χ1v) is 7.05. The molecule has 2 saturated carbocycles. The van der Waals surface area contributed by atoms with Crippen LogP contribution < -0.4 is 5.32 Å². The maximum absolute atomic E-state index is 10.3. The van der Waals surface area contributed by atoms with E-state index in [0.29, 0.717) is 6.04 Å². The summed E-state index contributed by atoms with van der Waals surface area (Å²) in [6.45, 7) is 5.55. The largest absolute Gasteiger partial charge is 0.389 e. The highest BCUT2D eigenvalue weighted by Gasteiger charge is 2.32. The molecule has 2 nitrogen and oxygen atoms in total. The van der Waals surface area contributed by atoms with Crippen molar-refractivity contribution in [2.75, 3.05) is 6.54 Å². The molecule has 2 aliphatic carbocycles. The minimum absolute atomic E-state index is 0.383. The van der Waals surface area contributed by atoms with Gasteiger partial charge in [-0.2, -0.15) is 0 Å². The molecule has 2 rings (SSSR count). The summed E-state index contributed by atoms with van der Waals surface area (Å²) in [6, 6.07) is 0.649. The summed E-state index contributed by atoms with van der Waals surface area (Å²) < 4.78 is 0. The van der Waals surface area contributed by atoms with Crippen LogP contribution in [0, 0.1) is 11.8 Å². The first-order valence-electron chi connectivity index (χ1n) is 7.05. The summed E-state index contributed by atoms with van der Waals surface area (Å²) in [5.74, 6) is 1.72. The van der Waals surface area contributed by atoms with Gasteiger partial charge in [-0.1, -0.05) is 26.7 Å². The van der Waals surface area contributed by atoms with Gasteiger partial charge < -0.3 is 10.4 Å². The van der Waals surface area contributed by atoms with Gasteiger partial charge in [-0.25, -0.2) is 0 Å². The lowest BCUT2D eigenvalue weighted by Gasteiger charge is -2.34. The highest BCUT2D eigenvalue weighted by atomic mass is 16.3. The van der Waals surface area contributed by atoms with Crippen LogP contribution in [0.15, 0.2) is 0 Å². The summed E-state index contributed by atoms with van der Waals surface area (Å²) in [4.78, 5) is 0. The molecule has 16 heavy (non-hydrogen) atoms. The smallest absolute Gasteiger partial charge is 0.0771 e. The van der Waals surface area contributed by atoms with Gasteiger partial charge in [0.05, 0.1) is 5.60 Å². The van der Waals surface area contributed by atoms with Gasteiger partial charge in [0.1, 0.15) is 0 Å². The molecule has 0 radical (unpaired) electrons. The zero-order valence-corrected chi connectivity index (χ0v) is 10.8. The number of aliphatic hydroxyl groups is 1. The number of hydrogen-bond acceptors (Lipinski definition) is 2. The fourth-order valence-electron chi connectivity index (χ4n) is 3.28. The van der Waals surface area contributed by atoms with E-state index in [0.717, 1.165) is 31.2 Å². The van der Waals surface area contributed by atoms with Gasteiger partial charge in [0.15, 0.2) is 0 Å². The van der Waals surface area contributed by atoms with E-state index in [9.17, 15) is 5.11 Å². The van der Waals surface area contributed by atoms with Crippen LogP contribution in [0.3, 0.4) is 0 Å². The van der Waals surface area contributed by atoms with Crippen molar-refractivity contribution in [3.63, 3.8) is 0 Å². The van der Waals surface area contributed by atoms with E-state index in [1.807, 2.05) is 0 Å². The molecule has 0 aromatic heterocycles. The zero-order chi connectivity index (χ0) is 11.6. The fraction of sp³-hybridized carbons (Fsp3) is 1.00. The lowest BCUT2D eigenvalue weighted by atomic mass is 9.79. The molecular weight excluding hydrogens is 198 g/mol. The van der Waals surface area contributed by atoms with Crippen LogP contribution in [-0.4, -0.2) is 23.3 Å². The van der Waals surface area contributed by atoms with Gasteiger partial charge >= 0.3 is 0 Å². The van der Waals surface area contributed by atoms with Gasteiger partial charge in [0.25, 0.3) is 0 Å². The van der Waals surface area contributed by atoms with Crippen molar-refractivity contribution in [2.45, 2.75) is 70.4 Å². The van der Waals surface area contributed by atoms with Crippen molar-refractivity contribution in [1.82, 2.24) is 5.32 Å². The predicted octanol–water partition coefficient (Wildman–Crippen LogP) is 2.71.